The van der Waals surface area contributed by atoms with Crippen LogP contribution in [0.2, 0.25) is 111 Å². The largest absolute Gasteiger partial charge is 0.500 e. The smallest absolute Gasteiger partial charge is 0.120 e. The number of benzene rings is 11. The maximum absolute atomic E-state index is 5.88. The Labute approximate surface area is 844 Å². The molecule has 130 heavy (non-hydrogen) atoms. The van der Waals surface area contributed by atoms with E-state index >= 15 is 0 Å². The first-order valence-electron chi connectivity index (χ1n) is 43.4. The van der Waals surface area contributed by atoms with Gasteiger partial charge in [0.1, 0.15) is 5.58 Å². The zero-order valence-corrected chi connectivity index (χ0v) is 95.5. The fourth-order valence-electron chi connectivity index (χ4n) is 17.4. The van der Waals surface area contributed by atoms with Gasteiger partial charge in [0.25, 0.3) is 0 Å². The van der Waals surface area contributed by atoms with E-state index in [-0.39, 0.29) is 101 Å². The summed E-state index contributed by atoms with van der Waals surface area (Å²) in [6.07, 6.45) is 9.59. The molecule has 9 aromatic heterocycles. The first-order chi connectivity index (χ1) is 59.9. The van der Waals surface area contributed by atoms with Crippen molar-refractivity contribution in [3.05, 3.63) is 334 Å². The quantitative estimate of drug-likeness (QED) is 0.0895. The fourth-order valence-corrected chi connectivity index (χ4v) is 27.9. The predicted octanol–water partition coefficient (Wildman–Crippen LogP) is 25.8. The molecule has 20 heteroatoms. The van der Waals surface area contributed by atoms with Crippen LogP contribution >= 0.6 is 11.3 Å². The van der Waals surface area contributed by atoms with E-state index in [2.05, 4.69) is 421 Å². The third-order valence-electron chi connectivity index (χ3n) is 24.2. The molecule has 667 valence electrons. The van der Waals surface area contributed by atoms with E-state index < -0.39 is 48.4 Å². The van der Waals surface area contributed by atoms with Gasteiger partial charge in [0, 0.05) is 165 Å². The second-order valence-corrected chi connectivity index (χ2v) is 69.1. The number of fused-ring (bicyclic) bond motifs is 15. The molecular formula is C110H106Ir5N7OSSi6-5. The number of aromatic nitrogens is 7. The zero-order valence-electron chi connectivity index (χ0n) is 76.7. The molecule has 0 unspecified atom stereocenters. The first-order valence-corrected chi connectivity index (χ1v) is 64.8. The summed E-state index contributed by atoms with van der Waals surface area (Å²) in [6, 6.07) is 114. The molecule has 0 bridgehead atoms. The molecule has 0 amide bonds. The van der Waals surface area contributed by atoms with Gasteiger partial charge >= 0.3 is 0 Å². The van der Waals surface area contributed by atoms with Gasteiger partial charge in [0.05, 0.1) is 54.0 Å². The van der Waals surface area contributed by atoms with Crippen molar-refractivity contribution in [3.63, 3.8) is 0 Å². The molecule has 5 radical (unpaired) electrons. The molecular weight excluding hydrogens is 2600 g/mol. The predicted molar refractivity (Wildman–Crippen MR) is 553 cm³/mol. The van der Waals surface area contributed by atoms with E-state index in [0.29, 0.717) is 0 Å². The maximum Gasteiger partial charge on any atom is 0.120 e. The van der Waals surface area contributed by atoms with Crippen molar-refractivity contribution in [2.24, 2.45) is 0 Å². The fraction of sp³-hybridized carbons (Fsp3) is 0.173. The summed E-state index contributed by atoms with van der Waals surface area (Å²) in [5.74, 6) is 0. The topological polar surface area (TPSA) is 87.5 Å². The molecule has 0 spiro atoms. The van der Waals surface area contributed by atoms with Crippen LogP contribution in [0.15, 0.2) is 308 Å². The molecule has 11 aromatic carbocycles. The molecule has 1 aliphatic rings. The minimum Gasteiger partial charge on any atom is -0.500 e. The summed E-state index contributed by atoms with van der Waals surface area (Å²) in [5.41, 5.74) is 21.3. The van der Waals surface area contributed by atoms with E-state index in [1.807, 2.05) is 66.6 Å². The summed E-state index contributed by atoms with van der Waals surface area (Å²) in [7, 11) is -8.60. The minimum atomic E-state index is -1.59. The van der Waals surface area contributed by atoms with Crippen LogP contribution in [-0.4, -0.2) is 82.5 Å². The summed E-state index contributed by atoms with van der Waals surface area (Å²) in [4.78, 5) is 23.3. The molecule has 20 aromatic rings. The molecule has 0 fully saturated rings. The van der Waals surface area contributed by atoms with Crippen LogP contribution in [0.3, 0.4) is 0 Å². The van der Waals surface area contributed by atoms with E-state index in [9.17, 15) is 0 Å². The summed E-state index contributed by atoms with van der Waals surface area (Å²) in [6.45, 7) is 43.5. The van der Waals surface area contributed by atoms with Crippen LogP contribution in [0.1, 0.15) is 6.92 Å². The summed E-state index contributed by atoms with van der Waals surface area (Å²) < 4.78 is 13.2. The van der Waals surface area contributed by atoms with Gasteiger partial charge in [-0.25, -0.2) is 0 Å². The van der Waals surface area contributed by atoms with Crippen LogP contribution < -0.4 is 36.3 Å². The van der Waals surface area contributed by atoms with Crippen LogP contribution in [0, 0.1) is 30.3 Å². The Morgan fingerprint density at radius 1 is 0.315 bits per heavy atom. The molecule has 10 heterocycles. The molecule has 0 N–H and O–H groups in total. The SMILES string of the molecule is CCn1c2c[c-]c(-c3ncccc3[Si](C)(C)C)cc2c2ccccc21.C[Si](C)(C)c1cccnc1-c1[c-]cc2sc3ccccc3c2c1.C[Si](C)(C)c1ccnc(-c2[c-]cc3c(c2)-c2ccccc2[Si]3(C)C)c1.C[Si](C)(C)c1ccnc(-c2[c-]cc3c(c2)c2ccccc2n3-c2ccccc2)c1.C[Si](C)(C)c1ccnc(-c2[c-]cc3oc4ccccc4c3c2)c1.[Ir].[Ir].[Ir].[Ir].[Ir]. The Morgan fingerprint density at radius 3 is 1.32 bits per heavy atom. The second kappa shape index (κ2) is 41.0. The van der Waals surface area contributed by atoms with Crippen LogP contribution in [0.4, 0.5) is 0 Å². The Kier molecular flexibility index (Phi) is 31.7. The number of para-hydroxylation sites is 4. The minimum absolute atomic E-state index is 0. The van der Waals surface area contributed by atoms with Gasteiger partial charge in [0.2, 0.25) is 0 Å². The molecule has 1 aliphatic heterocycles. The van der Waals surface area contributed by atoms with Crippen LogP contribution in [-0.2, 0) is 107 Å². The number of thiophene rings is 1. The third-order valence-corrected chi connectivity index (χ3v) is 39.1. The standard InChI is InChI=1S/C26H23N2Si.C22H23N2Si.C22H24NSi2.C20H18NOSi.C20H18NSSi.5Ir/c1-29(2,3)21-15-16-27-24(18-21)19-13-14-26-23(17-19)22-11-7-8-12-25(22)28(26)20-9-5-4-6-10-20;1-5-24-19-10-7-6-9-17(19)18-15-16(12-13-20(18)24)22-21(25(2,3)4)11-8-14-23-22;1-24(2,3)17-12-13-23-20(15-17)16-10-11-22-19(14-16)18-8-6-7-9-21(18)25(22,4)5;1-23(2,3)15-10-11-21-18(13-15)14-8-9-20-17(12-14)16-6-4-5-7-19(16)22-20;1-23(2,3)19-9-6-12-21-20(19)14-10-11-18-16(13-14)15-7-4-5-8-17(15)22-18;;;;;/h4-12,14-18H,1-3H3;6-11,13-15H,5H2,1-4H3;6-9,11-15H,1-5H3;4-7,9-13H,1-3H3;4-9,11-13H,1-3H3;;;;;/q5*-1;;;;;. The van der Waals surface area contributed by atoms with E-state index in [0.717, 1.165) is 84.8 Å². The number of rotatable bonds is 12. The Hall–Kier alpha value is -8.66. The summed E-state index contributed by atoms with van der Waals surface area (Å²) in [5, 5.41) is 20.1. The third kappa shape index (κ3) is 20.8. The normalized spacial score (nSPS) is 12.2. The van der Waals surface area contributed by atoms with Crippen molar-refractivity contribution >= 4 is 182 Å². The Morgan fingerprint density at radius 2 is 0.754 bits per heavy atom. The van der Waals surface area contributed by atoms with Crippen molar-refractivity contribution < 1.29 is 105 Å². The number of pyridine rings is 5. The number of furan rings is 1. The molecule has 0 aliphatic carbocycles. The maximum atomic E-state index is 5.88. The molecule has 8 nitrogen and oxygen atoms in total. The van der Waals surface area contributed by atoms with Crippen molar-refractivity contribution in [2.75, 3.05) is 0 Å². The van der Waals surface area contributed by atoms with Gasteiger partial charge in [-0.05, 0) is 140 Å². The van der Waals surface area contributed by atoms with E-state index in [1.54, 1.807) is 5.19 Å². The van der Waals surface area contributed by atoms with Crippen molar-refractivity contribution in [1.29, 1.82) is 0 Å². The van der Waals surface area contributed by atoms with Gasteiger partial charge in [-0.2, -0.15) is 11.3 Å². The zero-order chi connectivity index (χ0) is 87.5. The molecule has 0 atom stereocenters. The second-order valence-electron chi connectivity index (χ2n) is 38.4. The van der Waals surface area contributed by atoms with Crippen LogP contribution in [0.5, 0.6) is 0 Å². The van der Waals surface area contributed by atoms with Gasteiger partial charge in [-0.1, -0.05) is 315 Å². The van der Waals surface area contributed by atoms with Crippen LogP contribution in [0.25, 0.3) is 159 Å². The van der Waals surface area contributed by atoms with Gasteiger partial charge in [-0.15, -0.1) is 124 Å². The average Bonchev–Trinajstić information content (AvgIpc) is 1.58. The van der Waals surface area contributed by atoms with Crippen molar-refractivity contribution in [2.45, 2.75) is 125 Å². The average molecular weight is 2700 g/mol. The Balaban J connectivity index is 0.000000146. The van der Waals surface area contributed by atoms with Gasteiger partial charge in [0.15, 0.2) is 0 Å². The first kappa shape index (κ1) is 100. The number of aryl methyl sites for hydroxylation is 1. The van der Waals surface area contributed by atoms with E-state index in [1.165, 1.54) is 112 Å². The molecule has 21 rings (SSSR count). The summed E-state index contributed by atoms with van der Waals surface area (Å²) >= 11 is 1.83. The molecule has 0 saturated heterocycles. The van der Waals surface area contributed by atoms with Gasteiger partial charge in [-0.3, -0.25) is 0 Å². The van der Waals surface area contributed by atoms with Gasteiger partial charge < -0.3 is 38.5 Å². The monoisotopic (exact) mass is 2710 g/mol. The van der Waals surface area contributed by atoms with E-state index in [4.69, 9.17) is 14.4 Å². The Bertz CT molecular complexity index is 7460. The number of hydrogen-bond donors (Lipinski definition) is 0. The van der Waals surface area contributed by atoms with Crippen molar-refractivity contribution in [1.82, 2.24) is 34.1 Å². The number of hydrogen-bond acceptors (Lipinski definition) is 7. The number of nitrogens with zero attached hydrogens (tertiary/aromatic N) is 7. The molecule has 0 saturated carbocycles. The van der Waals surface area contributed by atoms with Crippen molar-refractivity contribution in [3.8, 4) is 73.1 Å².